The van der Waals surface area contributed by atoms with E-state index in [-0.39, 0.29) is 18.5 Å². The molecule has 0 saturated heterocycles. The van der Waals surface area contributed by atoms with E-state index < -0.39 is 0 Å². The average molecular weight is 364 g/mol. The number of fused-ring (bicyclic) bond motifs is 1. The van der Waals surface area contributed by atoms with Gasteiger partial charge in [0, 0.05) is 24.8 Å². The van der Waals surface area contributed by atoms with Crippen molar-refractivity contribution in [2.24, 2.45) is 0 Å². The van der Waals surface area contributed by atoms with Crippen LogP contribution >= 0.6 is 0 Å². The van der Waals surface area contributed by atoms with Crippen LogP contribution in [-0.4, -0.2) is 30.0 Å². The highest BCUT2D eigenvalue weighted by Gasteiger charge is 2.18. The number of hydrogen-bond acceptors (Lipinski definition) is 4. The van der Waals surface area contributed by atoms with E-state index in [1.165, 1.54) is 0 Å². The molecule has 27 heavy (non-hydrogen) atoms. The van der Waals surface area contributed by atoms with Crippen molar-refractivity contribution in [2.75, 3.05) is 23.8 Å². The van der Waals surface area contributed by atoms with Crippen LogP contribution in [0.25, 0.3) is 0 Å². The van der Waals surface area contributed by atoms with Gasteiger partial charge in [0.1, 0.15) is 5.75 Å². The fourth-order valence-electron chi connectivity index (χ4n) is 2.78. The van der Waals surface area contributed by atoms with E-state index >= 15 is 0 Å². The summed E-state index contributed by atoms with van der Waals surface area (Å²) >= 11 is 0. The number of urea groups is 1. The first-order chi connectivity index (χ1) is 13.1. The number of ether oxygens (including phenoxy) is 1. The number of benzene rings is 2. The maximum Gasteiger partial charge on any atom is 0.322 e. The number of hydrogen-bond donors (Lipinski definition) is 2. The molecule has 0 bridgehead atoms. The van der Waals surface area contributed by atoms with Crippen molar-refractivity contribution in [3.8, 4) is 11.8 Å². The van der Waals surface area contributed by atoms with Crippen molar-refractivity contribution in [3.63, 3.8) is 0 Å². The average Bonchev–Trinajstić information content (AvgIpc) is 2.68. The van der Waals surface area contributed by atoms with Gasteiger partial charge in [0.2, 0.25) is 0 Å². The summed E-state index contributed by atoms with van der Waals surface area (Å²) in [6, 6.07) is 14.2. The number of nitrogens with one attached hydrogen (secondary N) is 2. The minimum Gasteiger partial charge on any atom is -0.482 e. The van der Waals surface area contributed by atoms with Crippen LogP contribution in [0.4, 0.5) is 16.2 Å². The van der Waals surface area contributed by atoms with Crippen LogP contribution in [-0.2, 0) is 11.3 Å². The lowest BCUT2D eigenvalue weighted by Crippen LogP contribution is -2.35. The van der Waals surface area contributed by atoms with Crippen molar-refractivity contribution in [3.05, 3.63) is 53.6 Å². The molecule has 7 heteroatoms. The number of rotatable bonds is 5. The fourth-order valence-corrected chi connectivity index (χ4v) is 2.78. The van der Waals surface area contributed by atoms with Gasteiger partial charge < -0.3 is 20.3 Å². The molecule has 0 fully saturated rings. The highest BCUT2D eigenvalue weighted by atomic mass is 16.5. The molecule has 3 amide bonds. The summed E-state index contributed by atoms with van der Waals surface area (Å²) in [6.45, 7) is 3.02. The Morgan fingerprint density at radius 3 is 2.78 bits per heavy atom. The van der Waals surface area contributed by atoms with E-state index in [2.05, 4.69) is 16.7 Å². The lowest BCUT2D eigenvalue weighted by molar-refractivity contribution is -0.118. The number of carbonyl (C=O) groups is 2. The minimum absolute atomic E-state index is 0.0367. The van der Waals surface area contributed by atoms with Gasteiger partial charge in [-0.15, -0.1) is 0 Å². The summed E-state index contributed by atoms with van der Waals surface area (Å²) in [6.07, 6.45) is 0.822. The summed E-state index contributed by atoms with van der Waals surface area (Å²) < 4.78 is 5.38. The number of nitriles is 1. The first-order valence-corrected chi connectivity index (χ1v) is 8.70. The third-order valence-electron chi connectivity index (χ3n) is 4.10. The largest absolute Gasteiger partial charge is 0.482 e. The Morgan fingerprint density at radius 1 is 1.30 bits per heavy atom. The second-order valence-electron chi connectivity index (χ2n) is 6.21. The third-order valence-corrected chi connectivity index (χ3v) is 4.10. The highest BCUT2D eigenvalue weighted by Crippen LogP contribution is 2.30. The quantitative estimate of drug-likeness (QED) is 0.851. The molecule has 0 saturated carbocycles. The van der Waals surface area contributed by atoms with Crippen LogP contribution in [0.15, 0.2) is 42.5 Å². The van der Waals surface area contributed by atoms with E-state index in [9.17, 15) is 9.59 Å². The zero-order valence-corrected chi connectivity index (χ0v) is 15.0. The first-order valence-electron chi connectivity index (χ1n) is 8.70. The molecular weight excluding hydrogens is 344 g/mol. The van der Waals surface area contributed by atoms with Gasteiger partial charge in [0.05, 0.1) is 17.3 Å². The van der Waals surface area contributed by atoms with Crippen molar-refractivity contribution in [1.82, 2.24) is 4.90 Å². The summed E-state index contributed by atoms with van der Waals surface area (Å²) in [4.78, 5) is 25.7. The van der Waals surface area contributed by atoms with Crippen LogP contribution in [0.5, 0.6) is 5.75 Å². The van der Waals surface area contributed by atoms with Crippen molar-refractivity contribution < 1.29 is 14.3 Å². The number of amides is 3. The predicted octanol–water partition coefficient (Wildman–Crippen LogP) is 3.33. The minimum atomic E-state index is -0.221. The summed E-state index contributed by atoms with van der Waals surface area (Å²) in [5, 5.41) is 14.5. The van der Waals surface area contributed by atoms with Gasteiger partial charge in [-0.05, 0) is 36.2 Å². The molecule has 0 spiro atoms. The molecule has 7 nitrogen and oxygen atoms in total. The fraction of sp³-hybridized carbons (Fsp3) is 0.250. The maximum atomic E-state index is 12.7. The lowest BCUT2D eigenvalue weighted by Gasteiger charge is -2.24. The molecule has 1 aliphatic rings. The van der Waals surface area contributed by atoms with Crippen LogP contribution < -0.4 is 15.4 Å². The molecule has 0 aromatic heterocycles. The molecule has 1 aliphatic heterocycles. The third kappa shape index (κ3) is 4.55. The van der Waals surface area contributed by atoms with Gasteiger partial charge in [-0.25, -0.2) is 4.79 Å². The first kappa shape index (κ1) is 18.3. The van der Waals surface area contributed by atoms with Gasteiger partial charge in [-0.3, -0.25) is 4.79 Å². The zero-order chi connectivity index (χ0) is 19.2. The van der Waals surface area contributed by atoms with E-state index in [1.807, 2.05) is 19.1 Å². The molecule has 2 aromatic carbocycles. The van der Waals surface area contributed by atoms with Crippen molar-refractivity contribution in [1.29, 1.82) is 5.26 Å². The second-order valence-corrected chi connectivity index (χ2v) is 6.21. The van der Waals surface area contributed by atoms with Gasteiger partial charge in [0.15, 0.2) is 6.61 Å². The zero-order valence-electron chi connectivity index (χ0n) is 15.0. The standard InChI is InChI=1S/C20H20N4O3/c1-2-9-24(12-15-5-3-14(11-21)4-6-15)20(26)22-16-7-8-17-18(10-16)27-13-19(25)23-17/h3-8,10H,2,9,12-13H2,1H3,(H,22,26)(H,23,25). The van der Waals surface area contributed by atoms with E-state index in [4.69, 9.17) is 10.00 Å². The van der Waals surface area contributed by atoms with E-state index in [0.29, 0.717) is 35.8 Å². The topological polar surface area (TPSA) is 94.5 Å². The lowest BCUT2D eigenvalue weighted by atomic mass is 10.1. The van der Waals surface area contributed by atoms with Crippen LogP contribution in [0.1, 0.15) is 24.5 Å². The van der Waals surface area contributed by atoms with E-state index in [1.54, 1.807) is 35.2 Å². The van der Waals surface area contributed by atoms with Crippen LogP contribution in [0.2, 0.25) is 0 Å². The predicted molar refractivity (Wildman–Crippen MR) is 101 cm³/mol. The molecule has 2 N–H and O–H groups in total. The number of anilines is 2. The summed E-state index contributed by atoms with van der Waals surface area (Å²) in [5.41, 5.74) is 2.73. The summed E-state index contributed by atoms with van der Waals surface area (Å²) in [7, 11) is 0. The van der Waals surface area contributed by atoms with Crippen LogP contribution in [0.3, 0.4) is 0 Å². The monoisotopic (exact) mass is 364 g/mol. The smallest absolute Gasteiger partial charge is 0.322 e. The normalized spacial score (nSPS) is 12.2. The molecule has 138 valence electrons. The molecule has 3 rings (SSSR count). The Balaban J connectivity index is 1.69. The molecule has 0 radical (unpaired) electrons. The molecule has 0 atom stereocenters. The van der Waals surface area contributed by atoms with E-state index in [0.717, 1.165) is 12.0 Å². The molecule has 1 heterocycles. The maximum absolute atomic E-state index is 12.7. The molecule has 0 aliphatic carbocycles. The Hall–Kier alpha value is -3.53. The van der Waals surface area contributed by atoms with Crippen molar-refractivity contribution >= 4 is 23.3 Å². The van der Waals surface area contributed by atoms with Gasteiger partial charge in [0.25, 0.3) is 5.91 Å². The van der Waals surface area contributed by atoms with Crippen LogP contribution in [0, 0.1) is 11.3 Å². The Labute approximate surface area is 157 Å². The second kappa shape index (κ2) is 8.23. The van der Waals surface area contributed by atoms with Gasteiger partial charge in [-0.2, -0.15) is 5.26 Å². The van der Waals surface area contributed by atoms with Gasteiger partial charge >= 0.3 is 6.03 Å². The molecular formula is C20H20N4O3. The van der Waals surface area contributed by atoms with Crippen molar-refractivity contribution in [2.45, 2.75) is 19.9 Å². The Bertz CT molecular complexity index is 887. The Morgan fingerprint density at radius 2 is 2.07 bits per heavy atom. The highest BCUT2D eigenvalue weighted by molar-refractivity contribution is 5.96. The Kier molecular flexibility index (Phi) is 5.57. The molecule has 2 aromatic rings. The molecule has 0 unspecified atom stereocenters. The summed E-state index contributed by atoms with van der Waals surface area (Å²) in [5.74, 6) is 0.331. The number of nitrogens with zero attached hydrogens (tertiary/aromatic N) is 2. The van der Waals surface area contributed by atoms with Gasteiger partial charge in [-0.1, -0.05) is 19.1 Å². The SMILES string of the molecule is CCCN(Cc1ccc(C#N)cc1)C(=O)Nc1ccc2c(c1)OCC(=O)N2. The number of carbonyl (C=O) groups excluding carboxylic acids is 2.